The van der Waals surface area contributed by atoms with Gasteiger partial charge in [-0.3, -0.25) is 0 Å². The highest BCUT2D eigenvalue weighted by molar-refractivity contribution is 6.00. The second kappa shape index (κ2) is 11.3. The van der Waals surface area contributed by atoms with Crippen molar-refractivity contribution in [1.29, 1.82) is 0 Å². The third-order valence-corrected chi connectivity index (χ3v) is 5.30. The highest BCUT2D eigenvalue weighted by Gasteiger charge is 2.32. The number of hydrogen-bond donors (Lipinski definition) is 0. The molecule has 0 aliphatic heterocycles. The van der Waals surface area contributed by atoms with Gasteiger partial charge in [-0.05, 0) is 52.7 Å². The molecule has 0 saturated heterocycles. The minimum Gasteiger partial charge on any atom is -0.406 e. The summed E-state index contributed by atoms with van der Waals surface area (Å²) in [6, 6.07) is 25.7. The molecule has 0 bridgehead atoms. The fourth-order valence-corrected chi connectivity index (χ4v) is 3.69. The topological polar surface area (TPSA) is 75.1 Å². The lowest BCUT2D eigenvalue weighted by Gasteiger charge is -2.31. The molecule has 2 amide bonds. The molecule has 0 fully saturated rings. The maximum Gasteiger partial charge on any atom is 0.573 e. The number of pyridine rings is 1. The molecule has 37 heavy (non-hydrogen) atoms. The number of urea groups is 1. The first-order valence-electron chi connectivity index (χ1n) is 11.1. The molecule has 188 valence electrons. The van der Waals surface area contributed by atoms with Gasteiger partial charge in [0.05, 0.1) is 5.69 Å². The largest absolute Gasteiger partial charge is 0.573 e. The van der Waals surface area contributed by atoms with E-state index in [2.05, 4.69) is 14.9 Å². The molecule has 0 atom stereocenters. The van der Waals surface area contributed by atoms with Crippen molar-refractivity contribution in [2.45, 2.75) is 19.5 Å². The summed E-state index contributed by atoms with van der Waals surface area (Å²) < 4.78 is 41.9. The number of amides is 2. The van der Waals surface area contributed by atoms with Crippen LogP contribution in [-0.4, -0.2) is 22.3 Å². The van der Waals surface area contributed by atoms with E-state index in [0.29, 0.717) is 0 Å². The van der Waals surface area contributed by atoms with Crippen molar-refractivity contribution in [3.63, 3.8) is 0 Å². The first kappa shape index (κ1) is 25.4. The van der Waals surface area contributed by atoms with Crippen LogP contribution in [0.2, 0.25) is 0 Å². The maximum absolute atomic E-state index is 14.1. The maximum atomic E-state index is 14.1. The summed E-state index contributed by atoms with van der Waals surface area (Å²) in [6.45, 7) is 0.439. The number of nitroso groups, excluding NO2 is 1. The Morgan fingerprint density at radius 3 is 1.89 bits per heavy atom. The van der Waals surface area contributed by atoms with Gasteiger partial charge in [0.2, 0.25) is 0 Å². The number of alkyl halides is 3. The molecule has 1 aromatic heterocycles. The van der Waals surface area contributed by atoms with Gasteiger partial charge in [0, 0.05) is 19.3 Å². The van der Waals surface area contributed by atoms with Crippen LogP contribution in [0.25, 0.3) is 0 Å². The molecule has 3 aromatic carbocycles. The van der Waals surface area contributed by atoms with Crippen LogP contribution in [0.1, 0.15) is 11.1 Å². The number of rotatable bonds is 8. The summed E-state index contributed by atoms with van der Waals surface area (Å²) in [6.07, 6.45) is -3.47. The number of aromatic nitrogens is 1. The van der Waals surface area contributed by atoms with Crippen LogP contribution >= 0.6 is 0 Å². The zero-order valence-corrected chi connectivity index (χ0v) is 19.4. The molecule has 4 rings (SSSR count). The number of carbonyl (C=O) groups excluding carboxylic acids is 1. The average molecular weight is 506 g/mol. The Morgan fingerprint density at radius 2 is 1.38 bits per heavy atom. The summed E-state index contributed by atoms with van der Waals surface area (Å²) in [5.74, 6) is -0.512. The van der Waals surface area contributed by atoms with Crippen LogP contribution in [0.5, 0.6) is 5.75 Å². The van der Waals surface area contributed by atoms with Gasteiger partial charge in [0.15, 0.2) is 11.5 Å². The van der Waals surface area contributed by atoms with E-state index in [1.165, 1.54) is 30.5 Å². The average Bonchev–Trinajstić information content (AvgIpc) is 2.90. The summed E-state index contributed by atoms with van der Waals surface area (Å²) in [7, 11) is 0. The van der Waals surface area contributed by atoms with Gasteiger partial charge in [-0.25, -0.2) is 14.7 Å². The smallest absolute Gasteiger partial charge is 0.406 e. The monoisotopic (exact) mass is 506 g/mol. The fraction of sp³-hybridized carbons (Fsp3) is 0.111. The first-order valence-corrected chi connectivity index (χ1v) is 11.1. The van der Waals surface area contributed by atoms with Crippen LogP contribution in [-0.2, 0) is 13.1 Å². The molecule has 0 unspecified atom stereocenters. The molecule has 7 nitrogen and oxygen atoms in total. The molecule has 0 aliphatic carbocycles. The van der Waals surface area contributed by atoms with Gasteiger partial charge < -0.3 is 9.64 Å². The van der Waals surface area contributed by atoms with Crippen LogP contribution in [0, 0.1) is 4.91 Å². The van der Waals surface area contributed by atoms with Gasteiger partial charge >= 0.3 is 12.4 Å². The lowest BCUT2D eigenvalue weighted by atomic mass is 10.1. The molecule has 0 saturated carbocycles. The first-order chi connectivity index (χ1) is 17.8. The SMILES string of the molecule is O=Nc1cccnc1N(C(=O)N(Cc1ccccc1)Cc1ccccc1)c1ccc(OC(F)(F)F)cc1. The molecular formula is C27H21F3N4O3. The third kappa shape index (κ3) is 6.69. The standard InChI is InChI=1S/C27H21F3N4O3/c28-27(29,30)37-23-15-13-22(14-16-23)34(25-24(32-36)12-7-17-31-25)26(35)33(18-20-8-3-1-4-9-20)19-21-10-5-2-6-11-21/h1-17H,18-19H2. The van der Waals surface area contributed by atoms with Crippen molar-refractivity contribution in [1.82, 2.24) is 9.88 Å². The summed E-state index contributed by atoms with van der Waals surface area (Å²) in [4.78, 5) is 32.6. The molecule has 0 spiro atoms. The Labute approximate surface area is 210 Å². The second-order valence-electron chi connectivity index (χ2n) is 7.92. The van der Waals surface area contributed by atoms with E-state index in [0.717, 1.165) is 28.2 Å². The number of anilines is 2. The van der Waals surface area contributed by atoms with Crippen LogP contribution in [0.3, 0.4) is 0 Å². The highest BCUT2D eigenvalue weighted by atomic mass is 19.4. The molecule has 10 heteroatoms. The summed E-state index contributed by atoms with van der Waals surface area (Å²) >= 11 is 0. The third-order valence-electron chi connectivity index (χ3n) is 5.30. The number of carbonyl (C=O) groups is 1. The molecule has 0 N–H and O–H groups in total. The summed E-state index contributed by atoms with van der Waals surface area (Å²) in [5.41, 5.74) is 1.78. The highest BCUT2D eigenvalue weighted by Crippen LogP contribution is 2.35. The molecular weight excluding hydrogens is 485 g/mol. The predicted octanol–water partition coefficient (Wildman–Crippen LogP) is 7.34. The van der Waals surface area contributed by atoms with E-state index in [9.17, 15) is 22.9 Å². The second-order valence-corrected chi connectivity index (χ2v) is 7.92. The summed E-state index contributed by atoms with van der Waals surface area (Å²) in [5, 5.41) is 2.99. The van der Waals surface area contributed by atoms with Crippen molar-refractivity contribution in [2.24, 2.45) is 5.18 Å². The van der Waals surface area contributed by atoms with E-state index < -0.39 is 18.1 Å². The number of ether oxygens (including phenoxy) is 1. The number of benzene rings is 3. The van der Waals surface area contributed by atoms with Gasteiger partial charge in [0.1, 0.15) is 5.75 Å². The van der Waals surface area contributed by atoms with Gasteiger partial charge in [-0.15, -0.1) is 18.1 Å². The lowest BCUT2D eigenvalue weighted by molar-refractivity contribution is -0.274. The zero-order valence-electron chi connectivity index (χ0n) is 19.4. The quantitative estimate of drug-likeness (QED) is 0.234. The van der Waals surface area contributed by atoms with Crippen molar-refractivity contribution < 1.29 is 22.7 Å². The van der Waals surface area contributed by atoms with E-state index in [1.807, 2.05) is 60.7 Å². The van der Waals surface area contributed by atoms with Crippen LogP contribution in [0.4, 0.5) is 35.2 Å². The minimum atomic E-state index is -4.87. The van der Waals surface area contributed by atoms with Crippen LogP contribution < -0.4 is 9.64 Å². The predicted molar refractivity (Wildman–Crippen MR) is 132 cm³/mol. The van der Waals surface area contributed by atoms with E-state index in [1.54, 1.807) is 4.90 Å². The number of nitrogens with zero attached hydrogens (tertiary/aromatic N) is 4. The minimum absolute atomic E-state index is 0.0573. The van der Waals surface area contributed by atoms with Gasteiger partial charge in [-0.2, -0.15) is 0 Å². The van der Waals surface area contributed by atoms with Gasteiger partial charge in [0.25, 0.3) is 0 Å². The van der Waals surface area contributed by atoms with E-state index in [-0.39, 0.29) is 30.3 Å². The van der Waals surface area contributed by atoms with Crippen molar-refractivity contribution in [3.05, 3.63) is 119 Å². The molecule has 1 heterocycles. The Bertz CT molecular complexity index is 1290. The van der Waals surface area contributed by atoms with Crippen LogP contribution in [0.15, 0.2) is 108 Å². The van der Waals surface area contributed by atoms with Crippen molar-refractivity contribution in [2.75, 3.05) is 4.90 Å². The van der Waals surface area contributed by atoms with E-state index >= 15 is 0 Å². The lowest BCUT2D eigenvalue weighted by Crippen LogP contribution is -2.40. The normalized spacial score (nSPS) is 11.0. The zero-order chi connectivity index (χ0) is 26.3. The van der Waals surface area contributed by atoms with Gasteiger partial charge in [-0.1, -0.05) is 60.7 Å². The Kier molecular flexibility index (Phi) is 7.77. The van der Waals surface area contributed by atoms with Crippen molar-refractivity contribution >= 4 is 23.2 Å². The number of halogens is 3. The molecule has 0 radical (unpaired) electrons. The Balaban J connectivity index is 1.76. The molecule has 4 aromatic rings. The Morgan fingerprint density at radius 1 is 0.811 bits per heavy atom. The Hall–Kier alpha value is -4.73. The number of hydrogen-bond acceptors (Lipinski definition) is 5. The molecule has 0 aliphatic rings. The van der Waals surface area contributed by atoms with E-state index in [4.69, 9.17) is 0 Å². The van der Waals surface area contributed by atoms with Crippen molar-refractivity contribution in [3.8, 4) is 5.75 Å². The fourth-order valence-electron chi connectivity index (χ4n) is 3.69.